The number of ether oxygens (including phenoxy) is 1. The molecule has 0 spiro atoms. The number of rotatable bonds is 8. The molecule has 0 bridgehead atoms. The van der Waals surface area contributed by atoms with E-state index in [1.807, 2.05) is 6.92 Å². The molecule has 0 heterocycles. The van der Waals surface area contributed by atoms with Gasteiger partial charge in [0.2, 0.25) is 5.91 Å². The minimum atomic E-state index is -0.416. The fourth-order valence-corrected chi connectivity index (χ4v) is 2.60. The summed E-state index contributed by atoms with van der Waals surface area (Å²) >= 11 is 1.44. The van der Waals surface area contributed by atoms with Gasteiger partial charge in [0, 0.05) is 12.3 Å². The Morgan fingerprint density at radius 2 is 1.95 bits per heavy atom. The number of carbonyl (C=O) groups excluding carboxylic acids is 2. The van der Waals surface area contributed by atoms with Crippen molar-refractivity contribution in [2.24, 2.45) is 0 Å². The standard InChI is InChI=1S/C15H20FNO3S/c1-3-8-17(9-15(19)20-2)14(18)11-21-10-12-4-6-13(16)7-5-12/h4-7H,3,8-11H2,1-2H3. The third-order valence-electron chi connectivity index (χ3n) is 2.80. The molecule has 0 N–H and O–H groups in total. The average molecular weight is 313 g/mol. The average Bonchev–Trinajstić information content (AvgIpc) is 2.48. The first-order valence-corrected chi connectivity index (χ1v) is 7.89. The van der Waals surface area contributed by atoms with Gasteiger partial charge < -0.3 is 9.64 Å². The van der Waals surface area contributed by atoms with E-state index in [0.29, 0.717) is 12.3 Å². The molecule has 0 aliphatic rings. The van der Waals surface area contributed by atoms with Gasteiger partial charge in [0.25, 0.3) is 0 Å². The molecule has 0 aliphatic heterocycles. The summed E-state index contributed by atoms with van der Waals surface area (Å²) in [6, 6.07) is 6.20. The molecule has 1 amide bonds. The highest BCUT2D eigenvalue weighted by atomic mass is 32.2. The summed E-state index contributed by atoms with van der Waals surface area (Å²) in [5, 5.41) is 0. The fourth-order valence-electron chi connectivity index (χ4n) is 1.71. The van der Waals surface area contributed by atoms with E-state index in [2.05, 4.69) is 4.74 Å². The Hall–Kier alpha value is -1.56. The van der Waals surface area contributed by atoms with E-state index in [9.17, 15) is 14.0 Å². The molecule has 0 atom stereocenters. The van der Waals surface area contributed by atoms with Crippen molar-refractivity contribution < 1.29 is 18.7 Å². The molecule has 0 aromatic heterocycles. The van der Waals surface area contributed by atoms with Crippen LogP contribution in [-0.4, -0.2) is 42.7 Å². The van der Waals surface area contributed by atoms with Crippen LogP contribution in [0.4, 0.5) is 4.39 Å². The number of methoxy groups -OCH3 is 1. The van der Waals surface area contributed by atoms with E-state index >= 15 is 0 Å². The Kier molecular flexibility index (Phi) is 7.82. The van der Waals surface area contributed by atoms with Crippen LogP contribution in [0.2, 0.25) is 0 Å². The number of hydrogen-bond acceptors (Lipinski definition) is 4. The molecule has 1 aromatic rings. The smallest absolute Gasteiger partial charge is 0.325 e. The highest BCUT2D eigenvalue weighted by Crippen LogP contribution is 2.13. The summed E-state index contributed by atoms with van der Waals surface area (Å²) < 4.78 is 17.4. The van der Waals surface area contributed by atoms with Gasteiger partial charge in [-0.1, -0.05) is 19.1 Å². The molecular weight excluding hydrogens is 293 g/mol. The van der Waals surface area contributed by atoms with Crippen molar-refractivity contribution in [1.82, 2.24) is 4.90 Å². The van der Waals surface area contributed by atoms with E-state index < -0.39 is 5.97 Å². The first-order chi connectivity index (χ1) is 10.1. The van der Waals surface area contributed by atoms with Gasteiger partial charge in [-0.15, -0.1) is 11.8 Å². The summed E-state index contributed by atoms with van der Waals surface area (Å²) in [6.07, 6.45) is 0.783. The highest BCUT2D eigenvalue weighted by Gasteiger charge is 2.16. The SMILES string of the molecule is CCCN(CC(=O)OC)C(=O)CSCc1ccc(F)cc1. The Bertz CT molecular complexity index is 464. The van der Waals surface area contributed by atoms with Crippen molar-refractivity contribution in [2.75, 3.05) is 26.0 Å². The summed E-state index contributed by atoms with van der Waals surface area (Å²) in [4.78, 5) is 24.8. The first kappa shape index (κ1) is 17.5. The predicted octanol–water partition coefficient (Wildman–Crippen LogP) is 2.47. The zero-order valence-corrected chi connectivity index (χ0v) is 13.1. The lowest BCUT2D eigenvalue weighted by molar-refractivity contribution is -0.146. The maximum Gasteiger partial charge on any atom is 0.325 e. The van der Waals surface area contributed by atoms with Crippen LogP contribution >= 0.6 is 11.8 Å². The van der Waals surface area contributed by atoms with Crippen LogP contribution in [0, 0.1) is 5.82 Å². The summed E-state index contributed by atoms with van der Waals surface area (Å²) in [6.45, 7) is 2.47. The predicted molar refractivity (Wildman–Crippen MR) is 81.4 cm³/mol. The third kappa shape index (κ3) is 6.62. The van der Waals surface area contributed by atoms with Gasteiger partial charge in [-0.3, -0.25) is 9.59 Å². The maximum absolute atomic E-state index is 12.8. The Morgan fingerprint density at radius 1 is 1.29 bits per heavy atom. The van der Waals surface area contributed by atoms with Crippen LogP contribution in [-0.2, 0) is 20.1 Å². The summed E-state index contributed by atoms with van der Waals surface area (Å²) in [5.41, 5.74) is 0.962. The van der Waals surface area contributed by atoms with Crippen LogP contribution in [0.25, 0.3) is 0 Å². The van der Waals surface area contributed by atoms with Gasteiger partial charge in [0.15, 0.2) is 0 Å². The van der Waals surface area contributed by atoms with E-state index in [1.54, 1.807) is 12.1 Å². The van der Waals surface area contributed by atoms with Crippen molar-refractivity contribution >= 4 is 23.6 Å². The van der Waals surface area contributed by atoms with Crippen LogP contribution in [0.15, 0.2) is 24.3 Å². The summed E-state index contributed by atoms with van der Waals surface area (Å²) in [7, 11) is 1.31. The second-order valence-corrected chi connectivity index (χ2v) is 5.50. The Balaban J connectivity index is 2.42. The topological polar surface area (TPSA) is 46.6 Å². The first-order valence-electron chi connectivity index (χ1n) is 6.73. The molecule has 0 aliphatic carbocycles. The molecule has 1 aromatic carbocycles. The van der Waals surface area contributed by atoms with Gasteiger partial charge in [-0.05, 0) is 24.1 Å². The van der Waals surface area contributed by atoms with Crippen molar-refractivity contribution in [2.45, 2.75) is 19.1 Å². The largest absolute Gasteiger partial charge is 0.468 e. The molecule has 116 valence electrons. The highest BCUT2D eigenvalue weighted by molar-refractivity contribution is 7.99. The molecule has 0 saturated heterocycles. The van der Waals surface area contributed by atoms with E-state index in [-0.39, 0.29) is 24.0 Å². The molecule has 0 fully saturated rings. The van der Waals surface area contributed by atoms with E-state index in [0.717, 1.165) is 12.0 Å². The Labute approximate surface area is 128 Å². The maximum atomic E-state index is 12.8. The second-order valence-electron chi connectivity index (χ2n) is 4.51. The number of esters is 1. The van der Waals surface area contributed by atoms with Crippen LogP contribution in [0.1, 0.15) is 18.9 Å². The van der Waals surface area contributed by atoms with Crippen molar-refractivity contribution in [1.29, 1.82) is 0 Å². The lowest BCUT2D eigenvalue weighted by atomic mass is 10.2. The van der Waals surface area contributed by atoms with Crippen LogP contribution in [0.3, 0.4) is 0 Å². The van der Waals surface area contributed by atoms with Crippen molar-refractivity contribution in [3.8, 4) is 0 Å². The van der Waals surface area contributed by atoms with Gasteiger partial charge in [0.05, 0.1) is 12.9 Å². The molecule has 0 unspecified atom stereocenters. The van der Waals surface area contributed by atoms with E-state index in [1.165, 1.54) is 35.9 Å². The quantitative estimate of drug-likeness (QED) is 0.692. The number of thioether (sulfide) groups is 1. The molecule has 21 heavy (non-hydrogen) atoms. The normalized spacial score (nSPS) is 10.2. The van der Waals surface area contributed by atoms with Crippen molar-refractivity contribution in [3.05, 3.63) is 35.6 Å². The third-order valence-corrected chi connectivity index (χ3v) is 3.79. The molecule has 1 rings (SSSR count). The number of hydrogen-bond donors (Lipinski definition) is 0. The second kappa shape index (κ2) is 9.39. The van der Waals surface area contributed by atoms with Gasteiger partial charge in [-0.2, -0.15) is 0 Å². The van der Waals surface area contributed by atoms with Crippen LogP contribution in [0.5, 0.6) is 0 Å². The van der Waals surface area contributed by atoms with Crippen LogP contribution < -0.4 is 0 Å². The number of halogens is 1. The lowest BCUT2D eigenvalue weighted by Crippen LogP contribution is -2.37. The minimum Gasteiger partial charge on any atom is -0.468 e. The molecule has 4 nitrogen and oxygen atoms in total. The zero-order valence-electron chi connectivity index (χ0n) is 12.3. The number of carbonyl (C=O) groups is 2. The summed E-state index contributed by atoms with van der Waals surface area (Å²) in [5.74, 6) is 0.139. The fraction of sp³-hybridized carbons (Fsp3) is 0.467. The molecule has 0 saturated carbocycles. The number of nitrogens with zero attached hydrogens (tertiary/aromatic N) is 1. The lowest BCUT2D eigenvalue weighted by Gasteiger charge is -2.20. The van der Waals surface area contributed by atoms with E-state index in [4.69, 9.17) is 0 Å². The molecule has 6 heteroatoms. The van der Waals surface area contributed by atoms with Gasteiger partial charge in [0.1, 0.15) is 12.4 Å². The molecule has 0 radical (unpaired) electrons. The molecular formula is C15H20FNO3S. The monoisotopic (exact) mass is 313 g/mol. The Morgan fingerprint density at radius 3 is 2.52 bits per heavy atom. The van der Waals surface area contributed by atoms with Gasteiger partial charge in [-0.25, -0.2) is 4.39 Å². The zero-order chi connectivity index (χ0) is 15.7. The number of amides is 1. The number of benzene rings is 1. The van der Waals surface area contributed by atoms with Crippen molar-refractivity contribution in [3.63, 3.8) is 0 Å². The minimum absolute atomic E-state index is 0.0136. The van der Waals surface area contributed by atoms with Gasteiger partial charge >= 0.3 is 5.97 Å².